The van der Waals surface area contributed by atoms with E-state index in [1.165, 1.54) is 12.1 Å². The Morgan fingerprint density at radius 1 is 1.14 bits per heavy atom. The number of urea groups is 1. The van der Waals surface area contributed by atoms with Crippen molar-refractivity contribution < 1.29 is 32.2 Å². The highest BCUT2D eigenvalue weighted by molar-refractivity contribution is 5.95. The quantitative estimate of drug-likeness (QED) is 0.397. The summed E-state index contributed by atoms with van der Waals surface area (Å²) in [6.45, 7) is 3.42. The average Bonchev–Trinajstić information content (AvgIpc) is 3.49. The number of rotatable bonds is 6. The summed E-state index contributed by atoms with van der Waals surface area (Å²) in [5, 5.41) is 8.21. The summed E-state index contributed by atoms with van der Waals surface area (Å²) in [7, 11) is 1.99. The van der Waals surface area contributed by atoms with Crippen molar-refractivity contribution >= 4 is 17.8 Å². The Bertz CT molecular complexity index is 1610. The molecule has 2 fully saturated rings. The SMILES string of the molecule is CN1CCN(Cc2ccc(C(=O)NC3C4Oc5ccc(Oc6ccnc7c6CNC(=O)N7)cc5C34)cc2C(F)(F)F)CC1. The zero-order valence-corrected chi connectivity index (χ0v) is 23.2. The number of anilines is 1. The Kier molecular flexibility index (Phi) is 6.66. The summed E-state index contributed by atoms with van der Waals surface area (Å²) in [6.07, 6.45) is -3.34. The number of carbonyl (C=O) groups is 2. The van der Waals surface area contributed by atoms with Crippen LogP contribution >= 0.6 is 0 Å². The summed E-state index contributed by atoms with van der Waals surface area (Å²) in [4.78, 5) is 33.1. The molecule has 3 aromatic rings. The smallest absolute Gasteiger partial charge is 0.416 e. The van der Waals surface area contributed by atoms with Crippen LogP contribution in [0.2, 0.25) is 0 Å². The molecule has 10 nitrogen and oxygen atoms in total. The number of ether oxygens (including phenoxy) is 2. The van der Waals surface area contributed by atoms with Crippen LogP contribution in [0, 0.1) is 0 Å². The van der Waals surface area contributed by atoms with Crippen LogP contribution in [0.4, 0.5) is 23.8 Å². The summed E-state index contributed by atoms with van der Waals surface area (Å²) >= 11 is 0. The van der Waals surface area contributed by atoms with Crippen LogP contribution in [0.1, 0.15) is 38.5 Å². The molecule has 0 bridgehead atoms. The molecule has 3 unspecified atom stereocenters. The van der Waals surface area contributed by atoms with Crippen LogP contribution in [0.25, 0.3) is 0 Å². The number of likely N-dealkylation sites (N-methyl/N-ethyl adjacent to an activating group) is 1. The Hall–Kier alpha value is -4.36. The third-order valence-corrected chi connectivity index (χ3v) is 8.42. The molecule has 3 amide bonds. The number of benzene rings is 2. The minimum Gasteiger partial charge on any atom is -0.487 e. The van der Waals surface area contributed by atoms with Gasteiger partial charge in [0.05, 0.1) is 29.6 Å². The topological polar surface area (TPSA) is 108 Å². The van der Waals surface area contributed by atoms with Crippen LogP contribution in [-0.4, -0.2) is 72.1 Å². The number of nitrogens with one attached hydrogen (secondary N) is 3. The first-order valence-electron chi connectivity index (χ1n) is 14.1. The number of fused-ring (bicyclic) bond motifs is 4. The van der Waals surface area contributed by atoms with E-state index in [1.54, 1.807) is 24.4 Å². The average molecular weight is 595 g/mol. The van der Waals surface area contributed by atoms with Crippen molar-refractivity contribution in [1.29, 1.82) is 0 Å². The zero-order chi connectivity index (χ0) is 29.9. The van der Waals surface area contributed by atoms with Crippen molar-refractivity contribution in [3.8, 4) is 17.2 Å². The van der Waals surface area contributed by atoms with Crippen molar-refractivity contribution in [2.24, 2.45) is 0 Å². The molecule has 3 atom stereocenters. The standard InChI is InChI=1S/C30H29F3N6O4/c1-38-8-10-39(11-9-38)15-17-3-2-16(12-21(17)30(31,32)33)28(40)36-25-24-19-13-18(4-5-22(19)43-26(24)25)42-23-6-7-34-27-20(23)14-35-29(41)37-27/h2-7,12-13,24-26H,8-11,14-15H2,1H3,(H,36,40)(H2,34,35,37,41). The van der Waals surface area contributed by atoms with Gasteiger partial charge < -0.3 is 25.0 Å². The van der Waals surface area contributed by atoms with Crippen molar-refractivity contribution in [2.75, 3.05) is 38.5 Å². The van der Waals surface area contributed by atoms with E-state index < -0.39 is 17.6 Å². The Morgan fingerprint density at radius 3 is 2.74 bits per heavy atom. The number of amides is 3. The second kappa shape index (κ2) is 10.4. The Balaban J connectivity index is 1.04. The van der Waals surface area contributed by atoms with Gasteiger partial charge in [0.1, 0.15) is 29.2 Å². The minimum atomic E-state index is -4.58. The number of piperazine rings is 1. The van der Waals surface area contributed by atoms with Gasteiger partial charge in [0.15, 0.2) is 0 Å². The molecule has 3 aliphatic heterocycles. The number of pyridine rings is 1. The number of nitrogens with zero attached hydrogens (tertiary/aromatic N) is 3. The van der Waals surface area contributed by atoms with Crippen molar-refractivity contribution in [3.63, 3.8) is 0 Å². The predicted octanol–water partition coefficient (Wildman–Crippen LogP) is 3.93. The number of halogens is 3. The normalized spacial score (nSPS) is 22.8. The maximum absolute atomic E-state index is 14.0. The van der Waals surface area contributed by atoms with Crippen molar-refractivity contribution in [3.05, 3.63) is 76.5 Å². The van der Waals surface area contributed by atoms with Crippen molar-refractivity contribution in [1.82, 2.24) is 25.4 Å². The highest BCUT2D eigenvalue weighted by Gasteiger charge is 2.59. The number of aromatic nitrogens is 1. The first-order valence-corrected chi connectivity index (χ1v) is 14.1. The van der Waals surface area contributed by atoms with Crippen LogP contribution in [0.15, 0.2) is 48.7 Å². The fourth-order valence-corrected chi connectivity index (χ4v) is 5.97. The lowest BCUT2D eigenvalue weighted by Gasteiger charge is -2.33. The number of carbonyl (C=O) groups excluding carboxylic acids is 2. The maximum Gasteiger partial charge on any atom is 0.416 e. The third kappa shape index (κ3) is 5.34. The number of hydrogen-bond donors (Lipinski definition) is 3. The third-order valence-electron chi connectivity index (χ3n) is 8.42. The van der Waals surface area contributed by atoms with E-state index in [0.29, 0.717) is 41.7 Å². The van der Waals surface area contributed by atoms with Gasteiger partial charge in [-0.3, -0.25) is 15.0 Å². The first kappa shape index (κ1) is 27.5. The molecule has 1 aliphatic carbocycles. The lowest BCUT2D eigenvalue weighted by Crippen LogP contribution is -2.44. The summed E-state index contributed by atoms with van der Waals surface area (Å²) in [6, 6.07) is 10.2. The van der Waals surface area contributed by atoms with Gasteiger partial charge >= 0.3 is 12.2 Å². The van der Waals surface area contributed by atoms with E-state index in [-0.39, 0.29) is 48.3 Å². The fourth-order valence-electron chi connectivity index (χ4n) is 5.97. The molecule has 224 valence electrons. The molecule has 1 aromatic heterocycles. The summed E-state index contributed by atoms with van der Waals surface area (Å²) in [5.41, 5.74) is 0.892. The lowest BCUT2D eigenvalue weighted by molar-refractivity contribution is -0.138. The lowest BCUT2D eigenvalue weighted by atomic mass is 10.0. The fraction of sp³-hybridized carbons (Fsp3) is 0.367. The molecule has 4 heterocycles. The molecule has 43 heavy (non-hydrogen) atoms. The summed E-state index contributed by atoms with van der Waals surface area (Å²) in [5.74, 6) is 1.45. The Labute approximate surface area is 245 Å². The molecule has 13 heteroatoms. The van der Waals surface area contributed by atoms with Crippen LogP contribution in [-0.2, 0) is 19.3 Å². The molecule has 7 rings (SSSR count). The van der Waals surface area contributed by atoms with Gasteiger partial charge in [-0.05, 0) is 49.0 Å². The van der Waals surface area contributed by atoms with Crippen molar-refractivity contribution in [2.45, 2.75) is 37.3 Å². The second-order valence-electron chi connectivity index (χ2n) is 11.3. The molecule has 3 N–H and O–H groups in total. The van der Waals surface area contributed by atoms with E-state index in [4.69, 9.17) is 9.47 Å². The monoisotopic (exact) mass is 594 g/mol. The highest BCUT2D eigenvalue weighted by Crippen LogP contribution is 2.54. The van der Waals surface area contributed by atoms with Crippen LogP contribution < -0.4 is 25.4 Å². The number of hydrogen-bond acceptors (Lipinski definition) is 7. The molecule has 2 aromatic carbocycles. The molecule has 1 saturated carbocycles. The van der Waals surface area contributed by atoms with E-state index in [9.17, 15) is 22.8 Å². The minimum absolute atomic E-state index is 0.0418. The molecular formula is C30H29F3N6O4. The maximum atomic E-state index is 14.0. The zero-order valence-electron chi connectivity index (χ0n) is 23.2. The largest absolute Gasteiger partial charge is 0.487 e. The molecule has 1 saturated heterocycles. The second-order valence-corrected chi connectivity index (χ2v) is 11.3. The van der Waals surface area contributed by atoms with Crippen LogP contribution in [0.5, 0.6) is 17.2 Å². The highest BCUT2D eigenvalue weighted by atomic mass is 19.4. The van der Waals surface area contributed by atoms with Crippen LogP contribution in [0.3, 0.4) is 0 Å². The van der Waals surface area contributed by atoms with Gasteiger partial charge in [-0.15, -0.1) is 0 Å². The molecular weight excluding hydrogens is 565 g/mol. The van der Waals surface area contributed by atoms with E-state index in [1.807, 2.05) is 18.0 Å². The predicted molar refractivity (Wildman–Crippen MR) is 149 cm³/mol. The Morgan fingerprint density at radius 2 is 1.95 bits per heavy atom. The van der Waals surface area contributed by atoms with Gasteiger partial charge in [-0.1, -0.05) is 6.07 Å². The van der Waals surface area contributed by atoms with Gasteiger partial charge in [-0.2, -0.15) is 13.2 Å². The van der Waals surface area contributed by atoms with Gasteiger partial charge in [-0.25, -0.2) is 9.78 Å². The molecule has 4 aliphatic rings. The molecule has 0 spiro atoms. The van der Waals surface area contributed by atoms with Gasteiger partial charge in [0.25, 0.3) is 5.91 Å². The van der Waals surface area contributed by atoms with E-state index in [2.05, 4.69) is 25.8 Å². The summed E-state index contributed by atoms with van der Waals surface area (Å²) < 4.78 is 54.2. The van der Waals surface area contributed by atoms with Gasteiger partial charge in [0.2, 0.25) is 0 Å². The van der Waals surface area contributed by atoms with E-state index >= 15 is 0 Å². The van der Waals surface area contributed by atoms with Gasteiger partial charge in [0, 0.05) is 50.0 Å². The number of alkyl halides is 3. The molecule has 0 radical (unpaired) electrons. The first-order chi connectivity index (χ1) is 20.6. The van der Waals surface area contributed by atoms with E-state index in [0.717, 1.165) is 24.7 Å².